The van der Waals surface area contributed by atoms with Crippen LogP contribution in [-0.4, -0.2) is 45.1 Å². The minimum absolute atomic E-state index is 0.0457. The van der Waals surface area contributed by atoms with E-state index in [0.29, 0.717) is 36.5 Å². The number of unbranched alkanes of at least 4 members (excludes halogenated alkanes) is 1. The Hall–Kier alpha value is -3.74. The van der Waals surface area contributed by atoms with Crippen molar-refractivity contribution in [2.45, 2.75) is 68.6 Å². The van der Waals surface area contributed by atoms with E-state index >= 15 is 0 Å². The number of carboxylic acids is 1. The van der Waals surface area contributed by atoms with E-state index in [-0.39, 0.29) is 43.1 Å². The fourth-order valence-electron chi connectivity index (χ4n) is 4.68. The second kappa shape index (κ2) is 16.2. The number of thioether (sulfide) groups is 1. The maximum Gasteiger partial charge on any atom is 0.336 e. The number of carbonyl (C=O) groups excluding carboxylic acids is 2. The van der Waals surface area contributed by atoms with Crippen LogP contribution in [0.3, 0.4) is 0 Å². The number of ether oxygens (including phenoxy) is 2. The molecular formula is C32H36N2O8S. The molecule has 11 heteroatoms. The molecule has 10 nitrogen and oxygen atoms in total. The van der Waals surface area contributed by atoms with Crippen LogP contribution < -0.4 is 10.8 Å². The predicted octanol–water partition coefficient (Wildman–Crippen LogP) is 4.90. The Kier molecular flexibility index (Phi) is 12.1. The first-order valence-electron chi connectivity index (χ1n) is 14.1. The molecule has 228 valence electrons. The van der Waals surface area contributed by atoms with Gasteiger partial charge < -0.3 is 25.0 Å². The largest absolute Gasteiger partial charge is 0.478 e. The quantitative estimate of drug-likeness (QED) is 0.0744. The van der Waals surface area contributed by atoms with Crippen LogP contribution in [0.2, 0.25) is 0 Å². The van der Waals surface area contributed by atoms with Gasteiger partial charge in [-0.3, -0.25) is 14.8 Å². The molecule has 3 atom stereocenters. The van der Waals surface area contributed by atoms with Crippen LogP contribution in [0.1, 0.15) is 77.1 Å². The Balaban J connectivity index is 1.39. The van der Waals surface area contributed by atoms with Crippen LogP contribution in [0, 0.1) is 0 Å². The summed E-state index contributed by atoms with van der Waals surface area (Å²) in [6.07, 6.45) is 0.930. The second-order valence-electron chi connectivity index (χ2n) is 10.2. The molecule has 43 heavy (non-hydrogen) atoms. The highest BCUT2D eigenvalue weighted by Gasteiger charge is 2.32. The lowest BCUT2D eigenvalue weighted by atomic mass is 10.0. The van der Waals surface area contributed by atoms with Crippen molar-refractivity contribution < 1.29 is 39.3 Å². The second-order valence-corrected chi connectivity index (χ2v) is 11.3. The number of amides is 2. The van der Waals surface area contributed by atoms with Gasteiger partial charge in [-0.15, -0.1) is 11.8 Å². The molecule has 1 saturated heterocycles. The number of rotatable bonds is 14. The molecule has 1 fully saturated rings. The zero-order chi connectivity index (χ0) is 30.6. The van der Waals surface area contributed by atoms with Gasteiger partial charge in [0, 0.05) is 42.0 Å². The van der Waals surface area contributed by atoms with Gasteiger partial charge in [0.25, 0.3) is 0 Å². The van der Waals surface area contributed by atoms with Gasteiger partial charge in [0.2, 0.25) is 11.8 Å². The number of aliphatic hydroxyl groups is 1. The van der Waals surface area contributed by atoms with E-state index in [2.05, 4.69) is 5.32 Å². The highest BCUT2D eigenvalue weighted by molar-refractivity contribution is 7.99. The number of aromatic carboxylic acids is 1. The molecule has 1 aliphatic heterocycles. The summed E-state index contributed by atoms with van der Waals surface area (Å²) >= 11 is 1.44. The van der Waals surface area contributed by atoms with Crippen LogP contribution in [0.5, 0.6) is 0 Å². The maximum atomic E-state index is 12.2. The van der Waals surface area contributed by atoms with Crippen LogP contribution in [-0.2, 0) is 32.2 Å². The first-order valence-corrected chi connectivity index (χ1v) is 15.1. The van der Waals surface area contributed by atoms with Crippen molar-refractivity contribution in [1.29, 1.82) is 0 Å². The van der Waals surface area contributed by atoms with E-state index in [0.717, 1.165) is 22.3 Å². The van der Waals surface area contributed by atoms with Crippen molar-refractivity contribution in [2.24, 2.45) is 0 Å². The third-order valence-corrected chi connectivity index (χ3v) is 8.29. The monoisotopic (exact) mass is 608 g/mol. The molecule has 0 radical (unpaired) electrons. The highest BCUT2D eigenvalue weighted by atomic mass is 32.2. The van der Waals surface area contributed by atoms with E-state index < -0.39 is 18.2 Å². The summed E-state index contributed by atoms with van der Waals surface area (Å²) in [7, 11) is 0. The van der Waals surface area contributed by atoms with E-state index in [1.165, 1.54) is 11.8 Å². The standard InChI is InChI=1S/C32H36N2O8S/c35-19-22-11-13-23(14-12-22)27-17-25(20-43-28-6-2-1-5-26(28)31(38)39)41-32(42-27)24-15-9-21(10-16-24)18-33-29(36)7-3-4-8-30(37)34-40/h1-2,5-6,9-16,25,27,32,35,40H,3-4,7-8,17-20H2,(H,33,36)(H,34,37)(H,38,39)/t25-,27+,32+/m1/s1. The first kappa shape index (κ1) is 32.2. The molecule has 2 amide bonds. The summed E-state index contributed by atoms with van der Waals surface area (Å²) in [4.78, 5) is 35.6. The summed E-state index contributed by atoms with van der Waals surface area (Å²) in [6.45, 7) is 0.306. The summed E-state index contributed by atoms with van der Waals surface area (Å²) in [5, 5.41) is 30.4. The van der Waals surface area contributed by atoms with Crippen molar-refractivity contribution in [3.8, 4) is 0 Å². The van der Waals surface area contributed by atoms with Gasteiger partial charge in [0.1, 0.15) is 0 Å². The average Bonchev–Trinajstić information content (AvgIpc) is 3.04. The molecule has 0 bridgehead atoms. The Morgan fingerprint density at radius 1 is 0.837 bits per heavy atom. The molecule has 0 spiro atoms. The molecule has 0 aliphatic carbocycles. The smallest absolute Gasteiger partial charge is 0.336 e. The maximum absolute atomic E-state index is 12.2. The normalized spacial score (nSPS) is 18.1. The van der Waals surface area contributed by atoms with E-state index in [9.17, 15) is 24.6 Å². The number of carbonyl (C=O) groups is 3. The lowest BCUT2D eigenvalue weighted by molar-refractivity contribution is -0.245. The fraction of sp³-hybridized carbons (Fsp3) is 0.344. The van der Waals surface area contributed by atoms with Gasteiger partial charge in [0.15, 0.2) is 6.29 Å². The molecule has 1 heterocycles. The van der Waals surface area contributed by atoms with E-state index in [1.807, 2.05) is 54.6 Å². The van der Waals surface area contributed by atoms with Crippen LogP contribution in [0.4, 0.5) is 0 Å². The van der Waals surface area contributed by atoms with Gasteiger partial charge >= 0.3 is 5.97 Å². The van der Waals surface area contributed by atoms with Crippen LogP contribution >= 0.6 is 11.8 Å². The SMILES string of the molecule is O=C(CCCCC(=O)NCc1ccc([C@H]2O[C@@H](CSc3ccccc3C(=O)O)C[C@@H](c3ccc(CO)cc3)O2)cc1)NO. The number of hydrogen-bond acceptors (Lipinski definition) is 8. The summed E-state index contributed by atoms with van der Waals surface area (Å²) in [5.74, 6) is -1.03. The summed E-state index contributed by atoms with van der Waals surface area (Å²) in [5.41, 5.74) is 5.32. The lowest BCUT2D eigenvalue weighted by Crippen LogP contribution is -2.31. The van der Waals surface area contributed by atoms with Crippen molar-refractivity contribution in [3.05, 3.63) is 101 Å². The Morgan fingerprint density at radius 2 is 1.49 bits per heavy atom. The Labute approximate surface area is 254 Å². The average molecular weight is 609 g/mol. The molecule has 0 aromatic heterocycles. The predicted molar refractivity (Wildman–Crippen MR) is 159 cm³/mol. The third-order valence-electron chi connectivity index (χ3n) is 7.08. The minimum atomic E-state index is -0.973. The Morgan fingerprint density at radius 3 is 2.16 bits per heavy atom. The van der Waals surface area contributed by atoms with Gasteiger partial charge in [-0.25, -0.2) is 10.3 Å². The zero-order valence-corrected chi connectivity index (χ0v) is 24.4. The zero-order valence-electron chi connectivity index (χ0n) is 23.6. The molecule has 0 unspecified atom stereocenters. The van der Waals surface area contributed by atoms with Crippen LogP contribution in [0.25, 0.3) is 0 Å². The summed E-state index contributed by atoms with van der Waals surface area (Å²) < 4.78 is 12.8. The topological polar surface area (TPSA) is 154 Å². The number of benzene rings is 3. The number of hydrogen-bond donors (Lipinski definition) is 5. The molecule has 1 aliphatic rings. The fourth-order valence-corrected chi connectivity index (χ4v) is 5.75. The number of nitrogens with one attached hydrogen (secondary N) is 2. The molecule has 0 saturated carbocycles. The first-order chi connectivity index (χ1) is 20.9. The Bertz CT molecular complexity index is 1370. The third kappa shape index (κ3) is 9.63. The van der Waals surface area contributed by atoms with Crippen molar-refractivity contribution >= 4 is 29.5 Å². The van der Waals surface area contributed by atoms with Crippen molar-refractivity contribution in [3.63, 3.8) is 0 Å². The molecule has 3 aromatic rings. The van der Waals surface area contributed by atoms with Crippen molar-refractivity contribution in [1.82, 2.24) is 10.8 Å². The van der Waals surface area contributed by atoms with Gasteiger partial charge in [-0.1, -0.05) is 60.7 Å². The van der Waals surface area contributed by atoms with E-state index in [4.69, 9.17) is 14.7 Å². The molecule has 4 rings (SSSR count). The van der Waals surface area contributed by atoms with Gasteiger partial charge in [-0.05, 0) is 41.7 Å². The number of aliphatic hydroxyl groups excluding tert-OH is 1. The molecular weight excluding hydrogens is 572 g/mol. The van der Waals surface area contributed by atoms with Gasteiger partial charge in [-0.2, -0.15) is 0 Å². The number of carboxylic acid groups (broad SMARTS) is 1. The van der Waals surface area contributed by atoms with Gasteiger partial charge in [0.05, 0.1) is 24.4 Å². The van der Waals surface area contributed by atoms with Crippen molar-refractivity contribution in [2.75, 3.05) is 5.75 Å². The van der Waals surface area contributed by atoms with Crippen LogP contribution in [0.15, 0.2) is 77.7 Å². The molecule has 5 N–H and O–H groups in total. The minimum Gasteiger partial charge on any atom is -0.478 e. The lowest BCUT2D eigenvalue weighted by Gasteiger charge is -2.36. The van der Waals surface area contributed by atoms with E-state index in [1.54, 1.807) is 23.7 Å². The highest BCUT2D eigenvalue weighted by Crippen LogP contribution is 2.39. The summed E-state index contributed by atoms with van der Waals surface area (Å²) in [6, 6.07) is 22.1. The number of hydroxylamine groups is 1. The molecule has 3 aromatic carbocycles.